The number of aryl methyl sites for hydroxylation is 3. The smallest absolute Gasteiger partial charge is 0.311 e. The van der Waals surface area contributed by atoms with Gasteiger partial charge in [0.25, 0.3) is 5.91 Å². The van der Waals surface area contributed by atoms with Gasteiger partial charge >= 0.3 is 5.97 Å². The average molecular weight is 380 g/mol. The molecule has 1 saturated heterocycles. The van der Waals surface area contributed by atoms with Crippen molar-refractivity contribution in [1.82, 2.24) is 0 Å². The van der Waals surface area contributed by atoms with Crippen LogP contribution in [0.15, 0.2) is 42.5 Å². The zero-order valence-corrected chi connectivity index (χ0v) is 16.3. The van der Waals surface area contributed by atoms with E-state index < -0.39 is 17.8 Å². The summed E-state index contributed by atoms with van der Waals surface area (Å²) in [6, 6.07) is 13.2. The molecule has 2 aromatic carbocycles. The van der Waals surface area contributed by atoms with Crippen LogP contribution in [0.2, 0.25) is 0 Å². The summed E-state index contributed by atoms with van der Waals surface area (Å²) < 4.78 is 5.14. The van der Waals surface area contributed by atoms with E-state index in [2.05, 4.69) is 5.32 Å². The molecule has 2 amide bonds. The maximum Gasteiger partial charge on any atom is 0.311 e. The highest BCUT2D eigenvalue weighted by atomic mass is 16.5. The van der Waals surface area contributed by atoms with E-state index in [9.17, 15) is 14.4 Å². The fourth-order valence-corrected chi connectivity index (χ4v) is 3.18. The first-order valence-corrected chi connectivity index (χ1v) is 9.24. The van der Waals surface area contributed by atoms with E-state index in [0.29, 0.717) is 5.69 Å². The van der Waals surface area contributed by atoms with Crippen LogP contribution in [0, 0.1) is 26.7 Å². The molecule has 6 heteroatoms. The van der Waals surface area contributed by atoms with Gasteiger partial charge in [-0.15, -0.1) is 0 Å². The monoisotopic (exact) mass is 380 g/mol. The maximum atomic E-state index is 12.3. The molecule has 2 aromatic rings. The van der Waals surface area contributed by atoms with Crippen LogP contribution in [0.4, 0.5) is 11.4 Å². The van der Waals surface area contributed by atoms with Crippen LogP contribution in [0.1, 0.15) is 23.1 Å². The second-order valence-corrected chi connectivity index (χ2v) is 7.20. The van der Waals surface area contributed by atoms with Gasteiger partial charge < -0.3 is 15.0 Å². The molecular weight excluding hydrogens is 356 g/mol. The minimum absolute atomic E-state index is 0.0888. The number of hydrogen-bond acceptors (Lipinski definition) is 4. The number of ether oxygens (including phenoxy) is 1. The molecule has 0 saturated carbocycles. The fraction of sp³-hybridized carbons (Fsp3) is 0.318. The van der Waals surface area contributed by atoms with Crippen molar-refractivity contribution in [2.24, 2.45) is 5.92 Å². The molecule has 28 heavy (non-hydrogen) atoms. The normalized spacial score (nSPS) is 16.2. The first-order valence-electron chi connectivity index (χ1n) is 9.24. The summed E-state index contributed by atoms with van der Waals surface area (Å²) in [5.74, 6) is -1.62. The minimum Gasteiger partial charge on any atom is -0.455 e. The van der Waals surface area contributed by atoms with Crippen molar-refractivity contribution in [3.8, 4) is 0 Å². The van der Waals surface area contributed by atoms with Crippen molar-refractivity contribution in [3.63, 3.8) is 0 Å². The van der Waals surface area contributed by atoms with Crippen LogP contribution in [-0.2, 0) is 19.1 Å². The van der Waals surface area contributed by atoms with Gasteiger partial charge in [-0.2, -0.15) is 0 Å². The number of rotatable bonds is 5. The molecule has 0 aliphatic carbocycles. The molecule has 1 N–H and O–H groups in total. The van der Waals surface area contributed by atoms with Crippen LogP contribution in [0.3, 0.4) is 0 Å². The maximum absolute atomic E-state index is 12.3. The lowest BCUT2D eigenvalue weighted by molar-refractivity contribution is -0.151. The molecular formula is C22H24N2O4. The third-order valence-electron chi connectivity index (χ3n) is 4.91. The molecule has 146 valence electrons. The third kappa shape index (κ3) is 4.57. The molecule has 0 bridgehead atoms. The van der Waals surface area contributed by atoms with Gasteiger partial charge in [0, 0.05) is 24.3 Å². The zero-order chi connectivity index (χ0) is 20.3. The van der Waals surface area contributed by atoms with Crippen LogP contribution in [0.25, 0.3) is 0 Å². The summed E-state index contributed by atoms with van der Waals surface area (Å²) >= 11 is 0. The molecule has 3 rings (SSSR count). The Kier molecular flexibility index (Phi) is 5.78. The first kappa shape index (κ1) is 19.6. The summed E-state index contributed by atoms with van der Waals surface area (Å²) in [7, 11) is 0. The largest absolute Gasteiger partial charge is 0.455 e. The molecule has 0 spiro atoms. The molecule has 6 nitrogen and oxygen atoms in total. The molecule has 1 heterocycles. The van der Waals surface area contributed by atoms with E-state index in [0.717, 1.165) is 22.4 Å². The lowest BCUT2D eigenvalue weighted by atomic mass is 10.1. The predicted octanol–water partition coefficient (Wildman–Crippen LogP) is 3.15. The van der Waals surface area contributed by atoms with Gasteiger partial charge in [0.05, 0.1) is 5.92 Å². The number of hydrogen-bond donors (Lipinski definition) is 1. The van der Waals surface area contributed by atoms with Crippen LogP contribution < -0.4 is 10.2 Å². The van der Waals surface area contributed by atoms with Crippen LogP contribution in [0.5, 0.6) is 0 Å². The third-order valence-corrected chi connectivity index (χ3v) is 4.91. The Morgan fingerprint density at radius 2 is 1.89 bits per heavy atom. The Morgan fingerprint density at radius 1 is 1.11 bits per heavy atom. The molecule has 1 aliphatic rings. The van der Waals surface area contributed by atoms with Gasteiger partial charge in [-0.05, 0) is 61.7 Å². The lowest BCUT2D eigenvalue weighted by Gasteiger charge is -2.17. The van der Waals surface area contributed by atoms with Gasteiger partial charge in [0.2, 0.25) is 5.91 Å². The molecule has 1 atom stereocenters. The van der Waals surface area contributed by atoms with Crippen molar-refractivity contribution in [2.75, 3.05) is 23.4 Å². The van der Waals surface area contributed by atoms with E-state index >= 15 is 0 Å². The summed E-state index contributed by atoms with van der Waals surface area (Å²) in [4.78, 5) is 38.2. The van der Waals surface area contributed by atoms with Gasteiger partial charge in [-0.1, -0.05) is 18.2 Å². The molecule has 1 fully saturated rings. The predicted molar refractivity (Wildman–Crippen MR) is 107 cm³/mol. The summed E-state index contributed by atoms with van der Waals surface area (Å²) in [5, 5.41) is 2.71. The number of esters is 1. The van der Waals surface area contributed by atoms with Crippen molar-refractivity contribution in [1.29, 1.82) is 0 Å². The summed E-state index contributed by atoms with van der Waals surface area (Å²) in [5.41, 5.74) is 4.67. The summed E-state index contributed by atoms with van der Waals surface area (Å²) in [6.45, 7) is 5.79. The topological polar surface area (TPSA) is 75.7 Å². The Balaban J connectivity index is 1.53. The second kappa shape index (κ2) is 8.25. The zero-order valence-electron chi connectivity index (χ0n) is 16.3. The first-order chi connectivity index (χ1) is 13.3. The van der Waals surface area contributed by atoms with E-state index in [1.807, 2.05) is 57.2 Å². The summed E-state index contributed by atoms with van der Waals surface area (Å²) in [6.07, 6.45) is 0.0888. The number of carbonyl (C=O) groups excluding carboxylic acids is 3. The van der Waals surface area contributed by atoms with Crippen molar-refractivity contribution < 1.29 is 19.1 Å². The van der Waals surface area contributed by atoms with E-state index in [1.54, 1.807) is 11.0 Å². The number of nitrogens with zero attached hydrogens (tertiary/aromatic N) is 1. The highest BCUT2D eigenvalue weighted by Gasteiger charge is 2.36. The van der Waals surface area contributed by atoms with Gasteiger partial charge in [0.15, 0.2) is 6.61 Å². The van der Waals surface area contributed by atoms with E-state index in [4.69, 9.17) is 4.74 Å². The van der Waals surface area contributed by atoms with E-state index in [-0.39, 0.29) is 25.5 Å². The van der Waals surface area contributed by atoms with Crippen LogP contribution >= 0.6 is 0 Å². The minimum atomic E-state index is -0.567. The Hall–Kier alpha value is -3.15. The number of amides is 2. The number of carbonyl (C=O) groups is 3. The SMILES string of the molecule is Cc1cccc(N2C[C@@H](C(=O)OCC(=O)Nc3ccc(C)c(C)c3)CC2=O)c1. The van der Waals surface area contributed by atoms with E-state index in [1.165, 1.54) is 0 Å². The van der Waals surface area contributed by atoms with Gasteiger partial charge in [-0.25, -0.2) is 0 Å². The van der Waals surface area contributed by atoms with Gasteiger partial charge in [-0.3, -0.25) is 14.4 Å². The highest BCUT2D eigenvalue weighted by Crippen LogP contribution is 2.26. The van der Waals surface area contributed by atoms with Crippen molar-refractivity contribution in [3.05, 3.63) is 59.2 Å². The Labute approximate surface area is 164 Å². The highest BCUT2D eigenvalue weighted by molar-refractivity contribution is 6.00. The number of nitrogens with one attached hydrogen (secondary N) is 1. The van der Waals surface area contributed by atoms with Crippen LogP contribution in [-0.4, -0.2) is 30.9 Å². The lowest BCUT2D eigenvalue weighted by Crippen LogP contribution is -2.28. The van der Waals surface area contributed by atoms with Gasteiger partial charge in [0.1, 0.15) is 0 Å². The Bertz CT molecular complexity index is 923. The molecule has 1 aliphatic heterocycles. The molecule has 0 unspecified atom stereocenters. The quantitative estimate of drug-likeness (QED) is 0.809. The average Bonchev–Trinajstić information content (AvgIpc) is 3.05. The number of anilines is 2. The van der Waals surface area contributed by atoms with Crippen molar-refractivity contribution in [2.45, 2.75) is 27.2 Å². The molecule has 0 radical (unpaired) electrons. The molecule has 0 aromatic heterocycles. The Morgan fingerprint density at radius 3 is 2.61 bits per heavy atom. The second-order valence-electron chi connectivity index (χ2n) is 7.20. The standard InChI is InChI=1S/C22H24N2O4/c1-14-5-4-6-19(9-14)24-12-17(11-21(24)26)22(27)28-13-20(25)23-18-8-7-15(2)16(3)10-18/h4-10,17H,11-13H2,1-3H3,(H,23,25)/t17-/m0/s1. The fourth-order valence-electron chi connectivity index (χ4n) is 3.18. The van der Waals surface area contributed by atoms with Crippen molar-refractivity contribution >= 4 is 29.2 Å². The number of benzene rings is 2.